The Kier molecular flexibility index (Phi) is 6.66. The van der Waals surface area contributed by atoms with Crippen molar-refractivity contribution >= 4 is 0 Å². The maximum absolute atomic E-state index is 6.47. The summed E-state index contributed by atoms with van der Waals surface area (Å²) in [6.07, 6.45) is 10.4. The Labute approximate surface area is 183 Å². The molecule has 0 unspecified atom stereocenters. The zero-order valence-corrected chi connectivity index (χ0v) is 19.0. The topological polar surface area (TPSA) is 9.23 Å². The van der Waals surface area contributed by atoms with E-state index in [2.05, 4.69) is 87.5 Å². The molecule has 0 saturated heterocycles. The molecule has 1 nitrogen and oxygen atoms in total. The molecule has 0 bridgehead atoms. The van der Waals surface area contributed by atoms with Gasteiger partial charge in [-0.05, 0) is 59.6 Å². The van der Waals surface area contributed by atoms with Gasteiger partial charge in [-0.1, -0.05) is 101 Å². The molecule has 160 valence electrons. The molecule has 0 spiro atoms. The van der Waals surface area contributed by atoms with Gasteiger partial charge in [0, 0.05) is 5.92 Å². The molecule has 2 aliphatic rings. The predicted molar refractivity (Wildman–Crippen MR) is 126 cm³/mol. The molecule has 1 fully saturated rings. The molecule has 2 aromatic rings. The van der Waals surface area contributed by atoms with Gasteiger partial charge in [-0.3, -0.25) is 0 Å². The van der Waals surface area contributed by atoms with Gasteiger partial charge in [-0.15, -0.1) is 0 Å². The van der Waals surface area contributed by atoms with E-state index in [1.807, 2.05) is 0 Å². The normalized spacial score (nSPS) is 27.1. The smallest absolute Gasteiger partial charge is 0.113 e. The first-order chi connectivity index (χ1) is 14.7. The molecule has 30 heavy (non-hydrogen) atoms. The number of ether oxygens (including phenoxy) is 1. The van der Waals surface area contributed by atoms with Gasteiger partial charge in [0.2, 0.25) is 0 Å². The van der Waals surface area contributed by atoms with Gasteiger partial charge in [0.05, 0.1) is 5.76 Å². The number of hydrogen-bond donors (Lipinski definition) is 0. The van der Waals surface area contributed by atoms with Gasteiger partial charge in [-0.2, -0.15) is 0 Å². The largest absolute Gasteiger partial charge is 0.493 e. The van der Waals surface area contributed by atoms with Crippen LogP contribution in [0.3, 0.4) is 0 Å². The number of aryl methyl sites for hydroxylation is 1. The molecule has 0 aliphatic heterocycles. The number of allylic oxidation sites excluding steroid dienone is 2. The predicted octanol–water partition coefficient (Wildman–Crippen LogP) is 7.82. The van der Waals surface area contributed by atoms with Gasteiger partial charge >= 0.3 is 0 Å². The number of hydrogen-bond acceptors (Lipinski definition) is 1. The summed E-state index contributed by atoms with van der Waals surface area (Å²) in [4.78, 5) is 0. The van der Waals surface area contributed by atoms with Crippen molar-refractivity contribution in [3.63, 3.8) is 0 Å². The molecule has 4 rings (SSSR count). The minimum Gasteiger partial charge on any atom is -0.493 e. The van der Waals surface area contributed by atoms with Crippen molar-refractivity contribution in [1.29, 1.82) is 0 Å². The SMILES string of the molecule is CCCCC[C@]12C=C(OCc3ccccc3)[C@H](C(C)C)[C@H]1[C@@H]2CCc1ccccc1. The third-order valence-corrected chi connectivity index (χ3v) is 7.53. The Morgan fingerprint density at radius 3 is 2.20 bits per heavy atom. The fourth-order valence-corrected chi connectivity index (χ4v) is 6.04. The van der Waals surface area contributed by atoms with Crippen LogP contribution < -0.4 is 0 Å². The van der Waals surface area contributed by atoms with Gasteiger partial charge in [0.1, 0.15) is 6.61 Å². The van der Waals surface area contributed by atoms with Crippen LogP contribution in [0.4, 0.5) is 0 Å². The summed E-state index contributed by atoms with van der Waals surface area (Å²) in [5.74, 6) is 4.10. The maximum Gasteiger partial charge on any atom is 0.113 e. The highest BCUT2D eigenvalue weighted by Gasteiger charge is 2.69. The summed E-state index contributed by atoms with van der Waals surface area (Å²) >= 11 is 0. The summed E-state index contributed by atoms with van der Waals surface area (Å²) in [6, 6.07) is 21.6. The zero-order chi connectivity index (χ0) is 21.0. The van der Waals surface area contributed by atoms with Crippen LogP contribution in [-0.2, 0) is 17.8 Å². The van der Waals surface area contributed by atoms with Gasteiger partial charge in [0.25, 0.3) is 0 Å². The summed E-state index contributed by atoms with van der Waals surface area (Å²) in [5.41, 5.74) is 3.14. The van der Waals surface area contributed by atoms with Gasteiger partial charge < -0.3 is 4.74 Å². The van der Waals surface area contributed by atoms with Crippen LogP contribution in [0.15, 0.2) is 72.5 Å². The highest BCUT2D eigenvalue weighted by atomic mass is 16.5. The molecule has 4 atom stereocenters. The average molecular weight is 403 g/mol. The lowest BCUT2D eigenvalue weighted by Crippen LogP contribution is -2.16. The monoisotopic (exact) mass is 402 g/mol. The van der Waals surface area contributed by atoms with Crippen molar-refractivity contribution in [3.8, 4) is 0 Å². The Morgan fingerprint density at radius 2 is 1.57 bits per heavy atom. The van der Waals surface area contributed by atoms with E-state index >= 15 is 0 Å². The van der Waals surface area contributed by atoms with Crippen molar-refractivity contribution < 1.29 is 4.74 Å². The summed E-state index contributed by atoms with van der Waals surface area (Å²) in [5, 5.41) is 0. The van der Waals surface area contributed by atoms with Crippen molar-refractivity contribution in [2.75, 3.05) is 0 Å². The summed E-state index contributed by atoms with van der Waals surface area (Å²) < 4.78 is 6.47. The van der Waals surface area contributed by atoms with E-state index in [1.54, 1.807) is 0 Å². The second kappa shape index (κ2) is 9.41. The van der Waals surface area contributed by atoms with Crippen molar-refractivity contribution in [2.45, 2.75) is 65.9 Å². The Hall–Kier alpha value is -2.02. The van der Waals surface area contributed by atoms with E-state index in [4.69, 9.17) is 4.74 Å². The van der Waals surface area contributed by atoms with Crippen molar-refractivity contribution in [1.82, 2.24) is 0 Å². The molecular weight excluding hydrogens is 364 g/mol. The number of unbranched alkanes of at least 4 members (excludes halogenated alkanes) is 2. The zero-order valence-electron chi connectivity index (χ0n) is 19.0. The first kappa shape index (κ1) is 21.2. The van der Waals surface area contributed by atoms with Crippen molar-refractivity contribution in [3.05, 3.63) is 83.6 Å². The van der Waals surface area contributed by atoms with Crippen LogP contribution in [0, 0.1) is 29.1 Å². The first-order valence-electron chi connectivity index (χ1n) is 12.1. The lowest BCUT2D eigenvalue weighted by Gasteiger charge is -2.23. The van der Waals surface area contributed by atoms with Crippen LogP contribution in [0.5, 0.6) is 0 Å². The Bertz CT molecular complexity index is 822. The lowest BCUT2D eigenvalue weighted by molar-refractivity contribution is 0.141. The second-order valence-electron chi connectivity index (χ2n) is 9.82. The van der Waals surface area contributed by atoms with E-state index < -0.39 is 0 Å². The molecular formula is C29H38O. The number of fused-ring (bicyclic) bond motifs is 1. The molecule has 0 heterocycles. The third kappa shape index (κ3) is 4.36. The molecule has 1 heteroatoms. The first-order valence-corrected chi connectivity index (χ1v) is 12.1. The quantitative estimate of drug-likeness (QED) is 0.348. The molecule has 0 N–H and O–H groups in total. The minimum absolute atomic E-state index is 0.394. The van der Waals surface area contributed by atoms with Gasteiger partial charge in [0.15, 0.2) is 0 Å². The second-order valence-corrected chi connectivity index (χ2v) is 9.82. The van der Waals surface area contributed by atoms with E-state index in [0.717, 1.165) is 11.8 Å². The van der Waals surface area contributed by atoms with Crippen LogP contribution in [-0.4, -0.2) is 0 Å². The van der Waals surface area contributed by atoms with E-state index in [9.17, 15) is 0 Å². The van der Waals surface area contributed by atoms with Crippen LogP contribution in [0.2, 0.25) is 0 Å². The summed E-state index contributed by atoms with van der Waals surface area (Å²) in [7, 11) is 0. The fraction of sp³-hybridized carbons (Fsp3) is 0.517. The summed E-state index contributed by atoms with van der Waals surface area (Å²) in [6.45, 7) is 7.78. The number of benzene rings is 2. The van der Waals surface area contributed by atoms with Gasteiger partial charge in [-0.25, -0.2) is 0 Å². The van der Waals surface area contributed by atoms with Crippen LogP contribution in [0.1, 0.15) is 64.0 Å². The molecule has 0 radical (unpaired) electrons. The highest BCUT2D eigenvalue weighted by Crippen LogP contribution is 2.73. The van der Waals surface area contributed by atoms with Crippen LogP contribution in [0.25, 0.3) is 0 Å². The van der Waals surface area contributed by atoms with Crippen molar-refractivity contribution in [2.24, 2.45) is 29.1 Å². The minimum atomic E-state index is 0.394. The van der Waals surface area contributed by atoms with Crippen LogP contribution >= 0.6 is 0 Å². The molecule has 2 aromatic carbocycles. The Balaban J connectivity index is 1.49. The maximum atomic E-state index is 6.47. The third-order valence-electron chi connectivity index (χ3n) is 7.53. The van der Waals surface area contributed by atoms with E-state index in [1.165, 1.54) is 55.4 Å². The lowest BCUT2D eigenvalue weighted by atomic mass is 9.88. The number of rotatable bonds is 11. The molecule has 1 saturated carbocycles. The molecule has 0 amide bonds. The molecule has 2 aliphatic carbocycles. The van der Waals surface area contributed by atoms with E-state index in [0.29, 0.717) is 23.9 Å². The molecule has 0 aromatic heterocycles. The van der Waals surface area contributed by atoms with E-state index in [-0.39, 0.29) is 0 Å². The Morgan fingerprint density at radius 1 is 0.900 bits per heavy atom. The standard InChI is InChI=1S/C29H38O/c1-4-5-12-19-29-20-26(30-21-24-15-10-7-11-16-24)27(22(2)3)28(29)25(29)18-17-23-13-8-6-9-14-23/h6-11,13-16,20,22,25,27-28H,4-5,12,17-19,21H2,1-3H3/t25-,27-,28+,29+/m0/s1. The highest BCUT2D eigenvalue weighted by molar-refractivity contribution is 5.34. The fourth-order valence-electron chi connectivity index (χ4n) is 6.04. The average Bonchev–Trinajstić information content (AvgIpc) is 3.22.